The third-order valence-electron chi connectivity index (χ3n) is 4.77. The van der Waals surface area contributed by atoms with Gasteiger partial charge in [0, 0.05) is 6.54 Å². The lowest BCUT2D eigenvalue weighted by Gasteiger charge is -2.37. The monoisotopic (exact) mass is 282 g/mol. The summed E-state index contributed by atoms with van der Waals surface area (Å²) in [4.78, 5) is 14.8. The summed E-state index contributed by atoms with van der Waals surface area (Å²) < 4.78 is 0. The predicted octanol–water partition coefficient (Wildman–Crippen LogP) is 3.50. The van der Waals surface area contributed by atoms with Gasteiger partial charge in [0.15, 0.2) is 0 Å². The largest absolute Gasteiger partial charge is 0.325 e. The van der Waals surface area contributed by atoms with E-state index in [0.29, 0.717) is 23.7 Å². The molecule has 1 aliphatic rings. The fourth-order valence-electron chi connectivity index (χ4n) is 2.70. The number of carbonyl (C=O) groups excluding carboxylic acids is 1. The lowest BCUT2D eigenvalue weighted by molar-refractivity contribution is -0.132. The first-order valence-electron chi connectivity index (χ1n) is 8.12. The van der Waals surface area contributed by atoms with Crippen LogP contribution in [0.2, 0.25) is 0 Å². The van der Waals surface area contributed by atoms with Crippen molar-refractivity contribution in [3.8, 4) is 0 Å². The molecule has 0 aliphatic carbocycles. The molecule has 1 aliphatic heterocycles. The van der Waals surface area contributed by atoms with Crippen LogP contribution in [0.1, 0.15) is 61.8 Å². The average Bonchev–Trinajstić information content (AvgIpc) is 2.56. The van der Waals surface area contributed by atoms with Gasteiger partial charge in [-0.25, -0.2) is 0 Å². The number of amides is 1. The van der Waals surface area contributed by atoms with Crippen LogP contribution in [0.4, 0.5) is 0 Å². The molecular weight excluding hydrogens is 248 g/mol. The molecule has 0 aromatic rings. The van der Waals surface area contributed by atoms with Gasteiger partial charge in [0.25, 0.3) is 0 Å². The Morgan fingerprint density at radius 3 is 2.10 bits per heavy atom. The summed E-state index contributed by atoms with van der Waals surface area (Å²) in [5.41, 5.74) is 0.150. The normalized spacial score (nSPS) is 24.6. The van der Waals surface area contributed by atoms with Gasteiger partial charge in [0.05, 0.1) is 12.2 Å². The number of hydrogen-bond acceptors (Lipinski definition) is 2. The quantitative estimate of drug-likeness (QED) is 0.808. The van der Waals surface area contributed by atoms with E-state index in [2.05, 4.69) is 65.6 Å². The third kappa shape index (κ3) is 3.97. The Labute approximate surface area is 125 Å². The first kappa shape index (κ1) is 17.5. The molecular formula is C17H34N2O. The second kappa shape index (κ2) is 6.46. The van der Waals surface area contributed by atoms with Crippen LogP contribution in [-0.2, 0) is 4.79 Å². The molecule has 1 heterocycles. The van der Waals surface area contributed by atoms with Crippen LogP contribution in [0.3, 0.4) is 0 Å². The second-order valence-corrected chi connectivity index (χ2v) is 8.15. The minimum atomic E-state index is 0.00497. The number of hydrogen-bond donors (Lipinski definition) is 1. The van der Waals surface area contributed by atoms with Crippen molar-refractivity contribution in [1.29, 1.82) is 0 Å². The van der Waals surface area contributed by atoms with E-state index >= 15 is 0 Å². The summed E-state index contributed by atoms with van der Waals surface area (Å²) in [7, 11) is 0. The molecule has 1 N–H and O–H groups in total. The molecule has 3 nitrogen and oxygen atoms in total. The molecule has 0 aromatic heterocycles. The summed E-state index contributed by atoms with van der Waals surface area (Å²) in [5.74, 6) is 1.85. The lowest BCUT2D eigenvalue weighted by atomic mass is 9.80. The highest BCUT2D eigenvalue weighted by molar-refractivity contribution is 5.84. The average molecular weight is 282 g/mol. The van der Waals surface area contributed by atoms with E-state index in [4.69, 9.17) is 0 Å². The molecule has 1 rings (SSSR count). The second-order valence-electron chi connectivity index (χ2n) is 8.15. The Kier molecular flexibility index (Phi) is 5.65. The summed E-state index contributed by atoms with van der Waals surface area (Å²) in [6, 6.07) is 0.00497. The number of nitrogens with zero attached hydrogens (tertiary/aromatic N) is 1. The maximum absolute atomic E-state index is 12.7. The maximum atomic E-state index is 12.7. The Hall–Kier alpha value is -0.570. The minimum absolute atomic E-state index is 0.00497. The molecule has 0 bridgehead atoms. The summed E-state index contributed by atoms with van der Waals surface area (Å²) >= 11 is 0. The first-order chi connectivity index (χ1) is 9.06. The van der Waals surface area contributed by atoms with E-state index in [9.17, 15) is 4.79 Å². The molecule has 1 saturated heterocycles. The van der Waals surface area contributed by atoms with E-state index in [1.54, 1.807) is 0 Å². The molecule has 3 heteroatoms. The SMILES string of the molecule is CC(C)CC1NC(C(C)C)N(CC(C)(C)C(C)C)C1=O. The van der Waals surface area contributed by atoms with Gasteiger partial charge in [0.2, 0.25) is 5.91 Å². The Morgan fingerprint density at radius 1 is 1.15 bits per heavy atom. The van der Waals surface area contributed by atoms with Crippen molar-refractivity contribution in [2.24, 2.45) is 23.2 Å². The van der Waals surface area contributed by atoms with Crippen LogP contribution in [0.15, 0.2) is 0 Å². The topological polar surface area (TPSA) is 32.3 Å². The van der Waals surface area contributed by atoms with Gasteiger partial charge < -0.3 is 4.90 Å². The molecule has 1 fully saturated rings. The van der Waals surface area contributed by atoms with Crippen LogP contribution >= 0.6 is 0 Å². The van der Waals surface area contributed by atoms with Gasteiger partial charge in [-0.3, -0.25) is 10.1 Å². The molecule has 0 spiro atoms. The minimum Gasteiger partial charge on any atom is -0.325 e. The molecule has 118 valence electrons. The molecule has 0 aromatic carbocycles. The molecule has 1 amide bonds. The Bertz CT molecular complexity index is 334. The zero-order chi connectivity index (χ0) is 15.7. The number of rotatable bonds is 6. The summed E-state index contributed by atoms with van der Waals surface area (Å²) in [6.07, 6.45) is 1.12. The Morgan fingerprint density at radius 2 is 1.70 bits per heavy atom. The number of nitrogens with one attached hydrogen (secondary N) is 1. The molecule has 0 radical (unpaired) electrons. The van der Waals surface area contributed by atoms with Crippen LogP contribution in [0.25, 0.3) is 0 Å². The first-order valence-corrected chi connectivity index (χ1v) is 8.12. The third-order valence-corrected chi connectivity index (χ3v) is 4.77. The lowest BCUT2D eigenvalue weighted by Crippen LogP contribution is -2.46. The van der Waals surface area contributed by atoms with Gasteiger partial charge >= 0.3 is 0 Å². The predicted molar refractivity (Wildman–Crippen MR) is 85.3 cm³/mol. The molecule has 2 atom stereocenters. The Balaban J connectivity index is 2.88. The molecule has 0 saturated carbocycles. The van der Waals surface area contributed by atoms with Crippen molar-refractivity contribution in [3.63, 3.8) is 0 Å². The maximum Gasteiger partial charge on any atom is 0.241 e. The van der Waals surface area contributed by atoms with E-state index < -0.39 is 0 Å². The summed E-state index contributed by atoms with van der Waals surface area (Å²) in [6.45, 7) is 18.6. The van der Waals surface area contributed by atoms with Gasteiger partial charge in [0.1, 0.15) is 0 Å². The molecule has 20 heavy (non-hydrogen) atoms. The standard InChI is InChI=1S/C17H34N2O/c1-11(2)9-14-16(20)19(15(18-14)12(3)4)10-17(7,8)13(5)6/h11-15,18H,9-10H2,1-8H3. The smallest absolute Gasteiger partial charge is 0.241 e. The van der Waals surface area contributed by atoms with Crippen molar-refractivity contribution < 1.29 is 4.79 Å². The van der Waals surface area contributed by atoms with Gasteiger partial charge in [-0.1, -0.05) is 55.4 Å². The van der Waals surface area contributed by atoms with Crippen LogP contribution < -0.4 is 5.32 Å². The fourth-order valence-corrected chi connectivity index (χ4v) is 2.70. The van der Waals surface area contributed by atoms with Crippen molar-refractivity contribution in [1.82, 2.24) is 10.2 Å². The van der Waals surface area contributed by atoms with E-state index in [1.165, 1.54) is 0 Å². The zero-order valence-corrected chi connectivity index (χ0v) is 14.7. The van der Waals surface area contributed by atoms with Crippen LogP contribution in [-0.4, -0.2) is 29.6 Å². The van der Waals surface area contributed by atoms with Gasteiger partial charge in [-0.05, 0) is 29.6 Å². The van der Waals surface area contributed by atoms with Crippen LogP contribution in [0.5, 0.6) is 0 Å². The summed E-state index contributed by atoms with van der Waals surface area (Å²) in [5, 5.41) is 3.56. The van der Waals surface area contributed by atoms with Crippen molar-refractivity contribution >= 4 is 5.91 Å². The van der Waals surface area contributed by atoms with E-state index in [-0.39, 0.29) is 17.6 Å². The highest BCUT2D eigenvalue weighted by Gasteiger charge is 2.42. The number of carbonyl (C=O) groups is 1. The van der Waals surface area contributed by atoms with Gasteiger partial charge in [-0.15, -0.1) is 0 Å². The molecule has 2 unspecified atom stereocenters. The van der Waals surface area contributed by atoms with E-state index in [0.717, 1.165) is 13.0 Å². The fraction of sp³-hybridized carbons (Fsp3) is 0.941. The van der Waals surface area contributed by atoms with E-state index in [1.807, 2.05) is 0 Å². The van der Waals surface area contributed by atoms with Crippen molar-refractivity contribution in [2.45, 2.75) is 74.0 Å². The van der Waals surface area contributed by atoms with Crippen LogP contribution in [0, 0.1) is 23.2 Å². The van der Waals surface area contributed by atoms with Crippen molar-refractivity contribution in [3.05, 3.63) is 0 Å². The highest BCUT2D eigenvalue weighted by atomic mass is 16.2. The van der Waals surface area contributed by atoms with Crippen molar-refractivity contribution in [2.75, 3.05) is 6.54 Å². The zero-order valence-electron chi connectivity index (χ0n) is 14.7. The van der Waals surface area contributed by atoms with Gasteiger partial charge in [-0.2, -0.15) is 0 Å². The highest BCUT2D eigenvalue weighted by Crippen LogP contribution is 2.31.